The Hall–Kier alpha value is -3.59. The van der Waals surface area contributed by atoms with Gasteiger partial charge >= 0.3 is 0 Å². The second kappa shape index (κ2) is 7.80. The van der Waals surface area contributed by atoms with Crippen LogP contribution in [0, 0.1) is 0 Å². The molecular weight excluding hydrogens is 354 g/mol. The molecule has 1 N–H and O–H groups in total. The molecule has 0 amide bonds. The highest BCUT2D eigenvalue weighted by atomic mass is 15.5. The van der Waals surface area contributed by atoms with E-state index in [4.69, 9.17) is 5.10 Å². The Morgan fingerprint density at radius 2 is 1.45 bits per heavy atom. The Labute approximate surface area is 171 Å². The maximum Gasteiger partial charge on any atom is 0.105 e. The maximum atomic E-state index is 4.98. The van der Waals surface area contributed by atoms with Crippen LogP contribution < -0.4 is 5.32 Å². The molecule has 3 nitrogen and oxygen atoms in total. The SMILES string of the molecule is c1ccc(C2=NN(CNc3ccc4ccccc4c3)C(c3ccccc3)C2)cc1. The first kappa shape index (κ1) is 17.5. The molecule has 0 fully saturated rings. The van der Waals surface area contributed by atoms with Gasteiger partial charge in [-0.25, -0.2) is 0 Å². The normalized spacial score (nSPS) is 16.1. The van der Waals surface area contributed by atoms with Gasteiger partial charge in [0.05, 0.1) is 11.8 Å². The molecule has 0 radical (unpaired) electrons. The molecule has 3 heteroatoms. The molecule has 4 aromatic carbocycles. The van der Waals surface area contributed by atoms with Crippen LogP contribution in [0.2, 0.25) is 0 Å². The molecule has 1 atom stereocenters. The van der Waals surface area contributed by atoms with Crippen LogP contribution in [0.4, 0.5) is 5.69 Å². The second-order valence-electron chi connectivity index (χ2n) is 7.38. The molecule has 4 aromatic rings. The molecule has 0 bridgehead atoms. The van der Waals surface area contributed by atoms with Gasteiger partial charge in [-0.1, -0.05) is 91.0 Å². The fourth-order valence-electron chi connectivity index (χ4n) is 3.94. The van der Waals surface area contributed by atoms with Crippen LogP contribution in [0.1, 0.15) is 23.6 Å². The van der Waals surface area contributed by atoms with Gasteiger partial charge in [-0.15, -0.1) is 0 Å². The van der Waals surface area contributed by atoms with Crippen molar-refractivity contribution >= 4 is 22.2 Å². The molecule has 0 saturated carbocycles. The molecule has 142 valence electrons. The zero-order valence-electron chi connectivity index (χ0n) is 16.2. The third-order valence-corrected chi connectivity index (χ3v) is 5.48. The second-order valence-corrected chi connectivity index (χ2v) is 7.38. The van der Waals surface area contributed by atoms with Crippen LogP contribution >= 0.6 is 0 Å². The third kappa shape index (κ3) is 3.72. The molecular formula is C26H23N3. The number of fused-ring (bicyclic) bond motifs is 1. The molecule has 5 rings (SSSR count). The molecule has 1 heterocycles. The summed E-state index contributed by atoms with van der Waals surface area (Å²) in [7, 11) is 0. The van der Waals surface area contributed by atoms with Gasteiger partial charge in [0.1, 0.15) is 6.67 Å². The van der Waals surface area contributed by atoms with Crippen molar-refractivity contribution in [3.8, 4) is 0 Å². The summed E-state index contributed by atoms with van der Waals surface area (Å²) >= 11 is 0. The van der Waals surface area contributed by atoms with E-state index in [1.807, 2.05) is 6.07 Å². The molecule has 29 heavy (non-hydrogen) atoms. The lowest BCUT2D eigenvalue weighted by Gasteiger charge is -2.24. The van der Waals surface area contributed by atoms with Gasteiger partial charge in [-0.05, 0) is 34.0 Å². The Morgan fingerprint density at radius 3 is 2.24 bits per heavy atom. The van der Waals surface area contributed by atoms with Crippen molar-refractivity contribution in [2.24, 2.45) is 5.10 Å². The van der Waals surface area contributed by atoms with E-state index in [0.29, 0.717) is 6.67 Å². The van der Waals surface area contributed by atoms with Crippen molar-refractivity contribution in [3.63, 3.8) is 0 Å². The predicted molar refractivity (Wildman–Crippen MR) is 121 cm³/mol. The zero-order chi connectivity index (χ0) is 19.5. The molecule has 0 aliphatic carbocycles. The Morgan fingerprint density at radius 1 is 0.759 bits per heavy atom. The van der Waals surface area contributed by atoms with Crippen LogP contribution in [0.15, 0.2) is 108 Å². The summed E-state index contributed by atoms with van der Waals surface area (Å²) in [6.45, 7) is 0.661. The summed E-state index contributed by atoms with van der Waals surface area (Å²) in [4.78, 5) is 0. The number of nitrogens with one attached hydrogen (secondary N) is 1. The van der Waals surface area contributed by atoms with Gasteiger partial charge in [-0.3, -0.25) is 5.01 Å². The maximum absolute atomic E-state index is 4.98. The number of hydrogen-bond donors (Lipinski definition) is 1. The standard InChI is InChI=1S/C26H23N3/c1-3-10-21(11-4-1)25-18-26(22-12-5-2-6-13-22)29(28-25)19-27-24-16-15-20-9-7-8-14-23(20)17-24/h1-17,26-27H,18-19H2. The minimum Gasteiger partial charge on any atom is -0.367 e. The van der Waals surface area contributed by atoms with Crippen molar-refractivity contribution in [1.29, 1.82) is 0 Å². The van der Waals surface area contributed by atoms with Crippen LogP contribution in [0.25, 0.3) is 10.8 Å². The summed E-state index contributed by atoms with van der Waals surface area (Å²) in [5.41, 5.74) is 4.74. The Bertz CT molecular complexity index is 1140. The minimum atomic E-state index is 0.236. The topological polar surface area (TPSA) is 27.6 Å². The largest absolute Gasteiger partial charge is 0.367 e. The Balaban J connectivity index is 1.40. The van der Waals surface area contributed by atoms with Crippen LogP contribution in [-0.2, 0) is 0 Å². The molecule has 0 spiro atoms. The van der Waals surface area contributed by atoms with E-state index in [-0.39, 0.29) is 6.04 Å². The predicted octanol–water partition coefficient (Wildman–Crippen LogP) is 6.06. The molecule has 1 unspecified atom stereocenters. The quantitative estimate of drug-likeness (QED) is 0.458. The van der Waals surface area contributed by atoms with E-state index < -0.39 is 0 Å². The van der Waals surface area contributed by atoms with Crippen LogP contribution in [-0.4, -0.2) is 17.4 Å². The van der Waals surface area contributed by atoms with E-state index >= 15 is 0 Å². The smallest absolute Gasteiger partial charge is 0.105 e. The zero-order valence-corrected chi connectivity index (χ0v) is 16.2. The average Bonchev–Trinajstić information content (AvgIpc) is 3.23. The van der Waals surface area contributed by atoms with Gasteiger partial charge < -0.3 is 5.32 Å². The summed E-state index contributed by atoms with van der Waals surface area (Å²) in [5, 5.41) is 13.2. The highest BCUT2D eigenvalue weighted by molar-refractivity contribution is 6.01. The number of hydrogen-bond acceptors (Lipinski definition) is 3. The third-order valence-electron chi connectivity index (χ3n) is 5.48. The van der Waals surface area contributed by atoms with E-state index in [9.17, 15) is 0 Å². The van der Waals surface area contributed by atoms with E-state index in [1.54, 1.807) is 0 Å². The number of rotatable bonds is 5. The summed E-state index contributed by atoms with van der Waals surface area (Å²) < 4.78 is 0. The van der Waals surface area contributed by atoms with E-state index in [0.717, 1.165) is 17.8 Å². The molecule has 1 aliphatic heterocycles. The van der Waals surface area contributed by atoms with E-state index in [1.165, 1.54) is 21.9 Å². The molecule has 0 saturated heterocycles. The van der Waals surface area contributed by atoms with Crippen molar-refractivity contribution < 1.29 is 0 Å². The van der Waals surface area contributed by atoms with E-state index in [2.05, 4.69) is 107 Å². The number of anilines is 1. The summed E-state index contributed by atoms with van der Waals surface area (Å²) in [5.74, 6) is 0. The van der Waals surface area contributed by atoms with Crippen LogP contribution in [0.5, 0.6) is 0 Å². The first-order valence-electron chi connectivity index (χ1n) is 10.0. The fourth-order valence-corrected chi connectivity index (χ4v) is 3.94. The van der Waals surface area contributed by atoms with Crippen molar-refractivity contribution in [2.45, 2.75) is 12.5 Å². The first-order chi connectivity index (χ1) is 14.4. The average molecular weight is 377 g/mol. The summed E-state index contributed by atoms with van der Waals surface area (Å²) in [6, 6.07) is 36.3. The van der Waals surface area contributed by atoms with Gasteiger partial charge in [0, 0.05) is 12.1 Å². The molecule has 1 aliphatic rings. The lowest BCUT2D eigenvalue weighted by Crippen LogP contribution is -2.25. The van der Waals surface area contributed by atoms with Gasteiger partial charge in [0.15, 0.2) is 0 Å². The summed E-state index contributed by atoms with van der Waals surface area (Å²) in [6.07, 6.45) is 0.910. The highest BCUT2D eigenvalue weighted by Gasteiger charge is 2.28. The van der Waals surface area contributed by atoms with Crippen molar-refractivity contribution in [2.75, 3.05) is 12.0 Å². The first-order valence-corrected chi connectivity index (χ1v) is 10.0. The monoisotopic (exact) mass is 377 g/mol. The number of hydrazone groups is 1. The highest BCUT2D eigenvalue weighted by Crippen LogP contribution is 2.32. The minimum absolute atomic E-state index is 0.236. The van der Waals surface area contributed by atoms with Gasteiger partial charge in [0.25, 0.3) is 0 Å². The lowest BCUT2D eigenvalue weighted by molar-refractivity contribution is 0.250. The van der Waals surface area contributed by atoms with Crippen molar-refractivity contribution in [1.82, 2.24) is 5.01 Å². The fraction of sp³-hybridized carbons (Fsp3) is 0.115. The molecule has 0 aromatic heterocycles. The Kier molecular flexibility index (Phi) is 4.71. The lowest BCUT2D eigenvalue weighted by atomic mass is 9.99. The number of benzene rings is 4. The van der Waals surface area contributed by atoms with Crippen molar-refractivity contribution in [3.05, 3.63) is 114 Å². The van der Waals surface area contributed by atoms with Crippen LogP contribution in [0.3, 0.4) is 0 Å². The number of nitrogens with zero attached hydrogens (tertiary/aromatic N) is 2. The van der Waals surface area contributed by atoms with Gasteiger partial charge in [-0.2, -0.15) is 5.10 Å². The van der Waals surface area contributed by atoms with Gasteiger partial charge in [0.2, 0.25) is 0 Å².